The normalized spacial score (nSPS) is 24.6. The van der Waals surface area contributed by atoms with Gasteiger partial charge in [-0.15, -0.1) is 0 Å². The molecule has 1 aliphatic rings. The van der Waals surface area contributed by atoms with Crippen molar-refractivity contribution >= 4 is 33.3 Å². The number of aromatic nitrogens is 1. The van der Waals surface area contributed by atoms with Crippen molar-refractivity contribution in [1.82, 2.24) is 4.98 Å². The quantitative estimate of drug-likeness (QED) is 0.694. The topological polar surface area (TPSA) is 16.1 Å². The maximum atomic E-state index is 12.5. The van der Waals surface area contributed by atoms with Crippen molar-refractivity contribution < 1.29 is 13.2 Å². The number of alkyl halides is 4. The summed E-state index contributed by atoms with van der Waals surface area (Å²) in [4.78, 5) is 6.09. The van der Waals surface area contributed by atoms with Gasteiger partial charge in [-0.25, -0.2) is 4.98 Å². The van der Waals surface area contributed by atoms with Crippen LogP contribution in [0.25, 0.3) is 0 Å². The first-order valence-electron chi connectivity index (χ1n) is 5.91. The van der Waals surface area contributed by atoms with E-state index in [9.17, 15) is 13.2 Å². The van der Waals surface area contributed by atoms with Gasteiger partial charge >= 0.3 is 6.18 Å². The number of hydrogen-bond acceptors (Lipinski definition) is 2. The van der Waals surface area contributed by atoms with Crippen LogP contribution in [0.15, 0.2) is 12.3 Å². The van der Waals surface area contributed by atoms with Crippen LogP contribution in [-0.4, -0.2) is 22.9 Å². The van der Waals surface area contributed by atoms with Gasteiger partial charge in [0.25, 0.3) is 0 Å². The van der Waals surface area contributed by atoms with Crippen molar-refractivity contribution in [2.24, 2.45) is 5.92 Å². The molecule has 1 aliphatic heterocycles. The molecule has 19 heavy (non-hydrogen) atoms. The lowest BCUT2D eigenvalue weighted by Gasteiger charge is -2.35. The van der Waals surface area contributed by atoms with E-state index in [0.717, 1.165) is 25.2 Å². The number of anilines is 1. The summed E-state index contributed by atoms with van der Waals surface area (Å²) in [6, 6.07) is 0.936. The molecule has 0 spiro atoms. The Balaban J connectivity index is 2.22. The monoisotopic (exact) mass is 356 g/mol. The summed E-state index contributed by atoms with van der Waals surface area (Å²) in [5, 5.41) is 0.0454. The zero-order chi connectivity index (χ0) is 14.2. The molecule has 0 bridgehead atoms. The molecule has 1 saturated heterocycles. The molecule has 0 radical (unpaired) electrons. The van der Waals surface area contributed by atoms with Crippen LogP contribution in [0, 0.1) is 5.92 Å². The first-order valence-corrected chi connectivity index (χ1v) is 7.20. The van der Waals surface area contributed by atoms with E-state index in [1.807, 2.05) is 4.90 Å². The Morgan fingerprint density at radius 3 is 2.68 bits per heavy atom. The molecule has 1 fully saturated rings. The fraction of sp³-hybridized carbons (Fsp3) is 0.583. The lowest BCUT2D eigenvalue weighted by Crippen LogP contribution is -2.40. The largest absolute Gasteiger partial charge is 0.417 e. The predicted octanol–water partition coefficient (Wildman–Crippen LogP) is 4.36. The van der Waals surface area contributed by atoms with Gasteiger partial charge in [-0.2, -0.15) is 13.2 Å². The molecule has 106 valence electrons. The van der Waals surface area contributed by atoms with Crippen molar-refractivity contribution in [2.75, 3.05) is 18.0 Å². The van der Waals surface area contributed by atoms with Crippen molar-refractivity contribution in [3.05, 3.63) is 22.8 Å². The summed E-state index contributed by atoms with van der Waals surface area (Å²) in [6.07, 6.45) is -2.62. The molecule has 2 heterocycles. The van der Waals surface area contributed by atoms with Crippen LogP contribution >= 0.6 is 27.5 Å². The Kier molecular flexibility index (Phi) is 4.30. The molecule has 0 amide bonds. The fourth-order valence-electron chi connectivity index (χ4n) is 2.03. The number of rotatable bonds is 1. The van der Waals surface area contributed by atoms with E-state index in [4.69, 9.17) is 11.6 Å². The molecule has 1 aromatic rings. The van der Waals surface area contributed by atoms with Crippen molar-refractivity contribution in [1.29, 1.82) is 0 Å². The van der Waals surface area contributed by atoms with Gasteiger partial charge in [-0.3, -0.25) is 0 Å². The minimum Gasteiger partial charge on any atom is -0.354 e. The van der Waals surface area contributed by atoms with E-state index < -0.39 is 11.7 Å². The third kappa shape index (κ3) is 3.34. The van der Waals surface area contributed by atoms with Gasteiger partial charge in [0.1, 0.15) is 5.82 Å². The molecular formula is C12H13BrClF3N2. The fourth-order valence-corrected chi connectivity index (χ4v) is 2.93. The van der Waals surface area contributed by atoms with Gasteiger partial charge in [-0.05, 0) is 18.4 Å². The SMILES string of the molecule is CC1CCN(c2ncc(C(F)(F)F)cc2Cl)CC1Br. The molecule has 2 unspecified atom stereocenters. The number of hydrogen-bond donors (Lipinski definition) is 0. The van der Waals surface area contributed by atoms with Crippen LogP contribution in [0.3, 0.4) is 0 Å². The number of pyridine rings is 1. The van der Waals surface area contributed by atoms with Gasteiger partial charge < -0.3 is 4.90 Å². The van der Waals surface area contributed by atoms with Crippen molar-refractivity contribution in [2.45, 2.75) is 24.3 Å². The van der Waals surface area contributed by atoms with Crippen molar-refractivity contribution in [3.63, 3.8) is 0 Å². The molecule has 2 atom stereocenters. The van der Waals surface area contributed by atoms with Gasteiger partial charge in [0, 0.05) is 24.1 Å². The number of nitrogens with zero attached hydrogens (tertiary/aromatic N) is 2. The zero-order valence-corrected chi connectivity index (χ0v) is 12.6. The maximum absolute atomic E-state index is 12.5. The van der Waals surface area contributed by atoms with E-state index in [1.54, 1.807) is 0 Å². The lowest BCUT2D eigenvalue weighted by atomic mass is 9.99. The highest BCUT2D eigenvalue weighted by Gasteiger charge is 2.33. The second-order valence-corrected chi connectivity index (χ2v) is 6.34. The number of piperidine rings is 1. The second-order valence-electron chi connectivity index (χ2n) is 4.76. The summed E-state index contributed by atoms with van der Waals surface area (Å²) in [5.74, 6) is 0.954. The summed E-state index contributed by atoms with van der Waals surface area (Å²) < 4.78 is 37.6. The van der Waals surface area contributed by atoms with Crippen LogP contribution in [0.5, 0.6) is 0 Å². The van der Waals surface area contributed by atoms with E-state index in [2.05, 4.69) is 27.8 Å². The van der Waals surface area contributed by atoms with Crippen LogP contribution in [0.2, 0.25) is 5.02 Å². The predicted molar refractivity (Wildman–Crippen MR) is 73.0 cm³/mol. The van der Waals surface area contributed by atoms with Gasteiger partial charge in [0.2, 0.25) is 0 Å². The van der Waals surface area contributed by atoms with Crippen LogP contribution in [-0.2, 0) is 6.18 Å². The Morgan fingerprint density at radius 2 is 2.16 bits per heavy atom. The maximum Gasteiger partial charge on any atom is 0.417 e. The standard InChI is InChI=1S/C12H13BrClF3N2/c1-7-2-3-19(6-9(7)13)11-10(14)4-8(5-18-11)12(15,16)17/h4-5,7,9H,2-3,6H2,1H3. The first-order chi connectivity index (χ1) is 8.79. The van der Waals surface area contributed by atoms with E-state index in [-0.39, 0.29) is 5.02 Å². The average molecular weight is 358 g/mol. The molecule has 1 aromatic heterocycles. The zero-order valence-electron chi connectivity index (χ0n) is 10.2. The molecule has 0 N–H and O–H groups in total. The minimum atomic E-state index is -4.41. The highest BCUT2D eigenvalue weighted by atomic mass is 79.9. The van der Waals surface area contributed by atoms with Crippen LogP contribution in [0.1, 0.15) is 18.9 Å². The smallest absolute Gasteiger partial charge is 0.354 e. The van der Waals surface area contributed by atoms with Gasteiger partial charge in [-0.1, -0.05) is 34.5 Å². The van der Waals surface area contributed by atoms with E-state index >= 15 is 0 Å². The van der Waals surface area contributed by atoms with Crippen LogP contribution in [0.4, 0.5) is 19.0 Å². The Hall–Kier alpha value is -0.490. The van der Waals surface area contributed by atoms with Gasteiger partial charge in [0.15, 0.2) is 0 Å². The molecular weight excluding hydrogens is 344 g/mol. The molecule has 0 aromatic carbocycles. The highest BCUT2D eigenvalue weighted by molar-refractivity contribution is 9.09. The first kappa shape index (κ1) is 14.9. The van der Waals surface area contributed by atoms with E-state index in [1.165, 1.54) is 0 Å². The third-order valence-corrected chi connectivity index (χ3v) is 4.79. The van der Waals surface area contributed by atoms with Gasteiger partial charge in [0.05, 0.1) is 10.6 Å². The minimum absolute atomic E-state index is 0.0454. The molecule has 2 rings (SSSR count). The Bertz CT molecular complexity index is 467. The summed E-state index contributed by atoms with van der Waals surface area (Å²) in [6.45, 7) is 3.58. The Labute approximate surface area is 123 Å². The molecule has 2 nitrogen and oxygen atoms in total. The average Bonchev–Trinajstić information content (AvgIpc) is 2.31. The Morgan fingerprint density at radius 1 is 1.47 bits per heavy atom. The summed E-state index contributed by atoms with van der Waals surface area (Å²) >= 11 is 9.50. The molecule has 0 aliphatic carbocycles. The highest BCUT2D eigenvalue weighted by Crippen LogP contribution is 2.35. The molecule has 0 saturated carbocycles. The molecule has 7 heteroatoms. The third-order valence-electron chi connectivity index (χ3n) is 3.32. The van der Waals surface area contributed by atoms with Crippen molar-refractivity contribution in [3.8, 4) is 0 Å². The summed E-state index contributed by atoms with van der Waals surface area (Å²) in [5.41, 5.74) is -0.818. The van der Waals surface area contributed by atoms with E-state index in [0.29, 0.717) is 23.1 Å². The second kappa shape index (κ2) is 5.48. The summed E-state index contributed by atoms with van der Waals surface area (Å²) in [7, 11) is 0. The number of halogens is 5. The van der Waals surface area contributed by atoms with Crippen LogP contribution < -0.4 is 4.90 Å². The lowest BCUT2D eigenvalue weighted by molar-refractivity contribution is -0.137.